The summed E-state index contributed by atoms with van der Waals surface area (Å²) < 4.78 is 0. The number of rotatable bonds is 2. The molecule has 0 aromatic heterocycles. The molecule has 2 heteroatoms. The van der Waals surface area contributed by atoms with Crippen LogP contribution in [-0.2, 0) is 0 Å². The molecule has 0 fully saturated rings. The number of halogens is 2. The molecule has 0 amide bonds. The van der Waals surface area contributed by atoms with E-state index in [-0.39, 0.29) is 21.7 Å². The minimum atomic E-state index is 0. The Morgan fingerprint density at radius 1 is 1.00 bits per heavy atom. The minimum absolute atomic E-state index is 0. The summed E-state index contributed by atoms with van der Waals surface area (Å²) in [6, 6.07) is 0. The Hall–Kier alpha value is 0.410. The largest absolute Gasteiger partial charge is 0.269 e. The average molecular weight is 173 g/mol. The van der Waals surface area contributed by atoms with Gasteiger partial charge in [0, 0.05) is 0 Å². The first kappa shape index (κ1) is 15.7. The molecule has 0 spiro atoms. The van der Waals surface area contributed by atoms with Crippen molar-refractivity contribution in [2.75, 3.05) is 0 Å². The van der Waals surface area contributed by atoms with Crippen molar-refractivity contribution in [2.24, 2.45) is 0 Å². The lowest BCUT2D eigenvalue weighted by atomic mass is 10.3. The van der Waals surface area contributed by atoms with Crippen LogP contribution in [0.2, 0.25) is 0 Å². The van der Waals surface area contributed by atoms with Crippen molar-refractivity contribution in [3.8, 4) is 0 Å². The SMILES string of the molecule is Br.CCCCC.F. The predicted octanol–water partition coefficient (Wildman–Crippen LogP) is 2.93. The third kappa shape index (κ3) is 21.5. The van der Waals surface area contributed by atoms with Gasteiger partial charge < -0.3 is 0 Å². The highest BCUT2D eigenvalue weighted by Crippen LogP contribution is 1.88. The topological polar surface area (TPSA) is 0 Å². The van der Waals surface area contributed by atoms with E-state index in [4.69, 9.17) is 0 Å². The van der Waals surface area contributed by atoms with E-state index in [0.29, 0.717) is 0 Å². The molecule has 0 aliphatic rings. The molecule has 0 saturated carbocycles. The van der Waals surface area contributed by atoms with Crippen LogP contribution in [0.4, 0.5) is 4.70 Å². The summed E-state index contributed by atoms with van der Waals surface area (Å²) in [5.74, 6) is 0. The summed E-state index contributed by atoms with van der Waals surface area (Å²) in [4.78, 5) is 0. The van der Waals surface area contributed by atoms with E-state index in [0.717, 1.165) is 0 Å². The van der Waals surface area contributed by atoms with Crippen molar-refractivity contribution in [3.05, 3.63) is 0 Å². The molecule has 0 aromatic rings. The zero-order chi connectivity index (χ0) is 4.12. The lowest BCUT2D eigenvalue weighted by Crippen LogP contribution is -1.59. The Morgan fingerprint density at radius 2 is 1.29 bits per heavy atom. The van der Waals surface area contributed by atoms with E-state index in [1.165, 1.54) is 19.3 Å². The maximum absolute atomic E-state index is 2.21. The molecular formula is C5H14BrF. The Bertz CT molecular complexity index is 15.6. The monoisotopic (exact) mass is 172 g/mol. The summed E-state index contributed by atoms with van der Waals surface area (Å²) in [5.41, 5.74) is 0. The molecular weight excluding hydrogens is 159 g/mol. The van der Waals surface area contributed by atoms with Crippen molar-refractivity contribution >= 4 is 17.0 Å². The molecule has 0 unspecified atom stereocenters. The van der Waals surface area contributed by atoms with Crippen molar-refractivity contribution in [2.45, 2.75) is 33.1 Å². The molecule has 0 rings (SSSR count). The van der Waals surface area contributed by atoms with Crippen molar-refractivity contribution < 1.29 is 4.70 Å². The summed E-state index contributed by atoms with van der Waals surface area (Å²) in [6.07, 6.45) is 4.08. The fraction of sp³-hybridized carbons (Fsp3) is 1.00. The van der Waals surface area contributed by atoms with E-state index < -0.39 is 0 Å². The van der Waals surface area contributed by atoms with Gasteiger partial charge in [0.1, 0.15) is 0 Å². The van der Waals surface area contributed by atoms with Crippen LogP contribution in [0.25, 0.3) is 0 Å². The normalized spacial score (nSPS) is 6.00. The van der Waals surface area contributed by atoms with E-state index in [1.807, 2.05) is 0 Å². The van der Waals surface area contributed by atoms with E-state index in [9.17, 15) is 0 Å². The second kappa shape index (κ2) is 16.1. The standard InChI is InChI=1S/C5H12.BrH.FH/c1-3-5-4-2;;/h3-5H2,1-2H3;2*1H. The van der Waals surface area contributed by atoms with Gasteiger partial charge in [0.25, 0.3) is 0 Å². The summed E-state index contributed by atoms with van der Waals surface area (Å²) in [5, 5.41) is 0. The summed E-state index contributed by atoms with van der Waals surface area (Å²) in [6.45, 7) is 4.42. The number of unbranched alkanes of at least 4 members (excludes halogenated alkanes) is 2. The third-order valence-electron chi connectivity index (χ3n) is 0.707. The van der Waals surface area contributed by atoms with Gasteiger partial charge in [-0.25, -0.2) is 0 Å². The van der Waals surface area contributed by atoms with E-state index in [1.54, 1.807) is 0 Å². The van der Waals surface area contributed by atoms with Crippen molar-refractivity contribution in [1.29, 1.82) is 0 Å². The second-order valence-electron chi connectivity index (χ2n) is 1.35. The molecule has 48 valence electrons. The minimum Gasteiger partial charge on any atom is -0.269 e. The third-order valence-corrected chi connectivity index (χ3v) is 0.707. The van der Waals surface area contributed by atoms with Crippen LogP contribution in [0.5, 0.6) is 0 Å². The first-order valence-electron chi connectivity index (χ1n) is 2.41. The van der Waals surface area contributed by atoms with Gasteiger partial charge in [-0.2, -0.15) is 0 Å². The molecule has 0 N–H and O–H groups in total. The van der Waals surface area contributed by atoms with Gasteiger partial charge in [0.15, 0.2) is 0 Å². The van der Waals surface area contributed by atoms with Crippen LogP contribution in [0.1, 0.15) is 33.1 Å². The molecule has 0 atom stereocenters. The predicted molar refractivity (Wildman–Crippen MR) is 38.0 cm³/mol. The molecule has 0 radical (unpaired) electrons. The van der Waals surface area contributed by atoms with Crippen LogP contribution in [0.3, 0.4) is 0 Å². The quantitative estimate of drug-likeness (QED) is 0.602. The molecule has 0 aliphatic heterocycles. The summed E-state index contributed by atoms with van der Waals surface area (Å²) in [7, 11) is 0. The van der Waals surface area contributed by atoms with E-state index >= 15 is 0 Å². The van der Waals surface area contributed by atoms with Crippen molar-refractivity contribution in [3.63, 3.8) is 0 Å². The highest BCUT2D eigenvalue weighted by Gasteiger charge is 1.68. The first-order valence-corrected chi connectivity index (χ1v) is 2.41. The van der Waals surface area contributed by atoms with Gasteiger partial charge in [-0.15, -0.1) is 17.0 Å². The molecule has 0 heterocycles. The fourth-order valence-electron chi connectivity index (χ4n) is 0.354. The molecule has 0 nitrogen and oxygen atoms in total. The lowest BCUT2D eigenvalue weighted by molar-refractivity contribution is 0.772. The van der Waals surface area contributed by atoms with Crippen LogP contribution < -0.4 is 0 Å². The molecule has 7 heavy (non-hydrogen) atoms. The second-order valence-corrected chi connectivity index (χ2v) is 1.35. The van der Waals surface area contributed by atoms with Gasteiger partial charge in [-0.3, -0.25) is 4.70 Å². The van der Waals surface area contributed by atoms with E-state index in [2.05, 4.69) is 13.8 Å². The van der Waals surface area contributed by atoms with Gasteiger partial charge in [-0.1, -0.05) is 33.1 Å². The highest BCUT2D eigenvalue weighted by atomic mass is 79.9. The molecule has 0 aromatic carbocycles. The lowest BCUT2D eigenvalue weighted by Gasteiger charge is -1.79. The Morgan fingerprint density at radius 3 is 1.29 bits per heavy atom. The van der Waals surface area contributed by atoms with Crippen molar-refractivity contribution in [1.82, 2.24) is 0 Å². The number of hydrogen-bond acceptors (Lipinski definition) is 0. The Kier molecular flexibility index (Phi) is 36.1. The smallest absolute Gasteiger partial charge is 0.0538 e. The highest BCUT2D eigenvalue weighted by molar-refractivity contribution is 8.93. The Balaban J connectivity index is -0.0000000800. The molecule has 0 bridgehead atoms. The number of hydrogen-bond donors (Lipinski definition) is 0. The van der Waals surface area contributed by atoms with Gasteiger partial charge in [0.05, 0.1) is 0 Å². The van der Waals surface area contributed by atoms with Crippen LogP contribution in [-0.4, -0.2) is 0 Å². The van der Waals surface area contributed by atoms with Gasteiger partial charge >= 0.3 is 0 Å². The average Bonchev–Trinajstić information content (AvgIpc) is 1.41. The molecule has 0 saturated heterocycles. The Labute approximate surface area is 55.4 Å². The van der Waals surface area contributed by atoms with Crippen LogP contribution in [0, 0.1) is 0 Å². The van der Waals surface area contributed by atoms with Gasteiger partial charge in [-0.05, 0) is 0 Å². The maximum atomic E-state index is 2.21. The zero-order valence-corrected chi connectivity index (χ0v) is 6.65. The van der Waals surface area contributed by atoms with Crippen LogP contribution >= 0.6 is 17.0 Å². The first-order chi connectivity index (χ1) is 2.41. The fourth-order valence-corrected chi connectivity index (χ4v) is 0.354. The maximum Gasteiger partial charge on any atom is -0.0538 e. The molecule has 0 aliphatic carbocycles. The summed E-state index contributed by atoms with van der Waals surface area (Å²) >= 11 is 0. The zero-order valence-electron chi connectivity index (χ0n) is 4.94. The van der Waals surface area contributed by atoms with Crippen LogP contribution in [0.15, 0.2) is 0 Å². The van der Waals surface area contributed by atoms with Gasteiger partial charge in [0.2, 0.25) is 0 Å².